The van der Waals surface area contributed by atoms with Crippen LogP contribution in [0.5, 0.6) is 5.75 Å². The average molecular weight is 371 g/mol. The molecule has 0 aliphatic heterocycles. The van der Waals surface area contributed by atoms with Crippen LogP contribution in [-0.2, 0) is 4.74 Å². The molecule has 0 radical (unpaired) electrons. The van der Waals surface area contributed by atoms with Crippen LogP contribution in [0.4, 0.5) is 11.5 Å². The van der Waals surface area contributed by atoms with Crippen molar-refractivity contribution in [2.24, 2.45) is 0 Å². The number of rotatable bonds is 4. The molecular formula is C22H17N3O3. The number of hydrogen-bond donors (Lipinski definition) is 2. The van der Waals surface area contributed by atoms with E-state index in [-0.39, 0.29) is 11.7 Å². The molecule has 4 aromatic rings. The molecule has 0 unspecified atom stereocenters. The minimum atomic E-state index is -0.385. The topological polar surface area (TPSA) is 84.3 Å². The van der Waals surface area contributed by atoms with Crippen molar-refractivity contribution in [2.75, 3.05) is 12.4 Å². The quantitative estimate of drug-likeness (QED) is 0.405. The van der Waals surface area contributed by atoms with Crippen molar-refractivity contribution in [3.8, 4) is 17.0 Å². The summed E-state index contributed by atoms with van der Waals surface area (Å²) in [7, 11) is 1.35. The first kappa shape index (κ1) is 17.5. The van der Waals surface area contributed by atoms with Gasteiger partial charge in [0, 0.05) is 16.3 Å². The Morgan fingerprint density at radius 3 is 2.29 bits per heavy atom. The summed E-state index contributed by atoms with van der Waals surface area (Å²) in [5.41, 5.74) is 2.57. The molecule has 0 saturated heterocycles. The Bertz CT molecular complexity index is 1160. The van der Waals surface area contributed by atoms with Gasteiger partial charge in [0.1, 0.15) is 11.4 Å². The predicted molar refractivity (Wildman–Crippen MR) is 108 cm³/mol. The number of aromatic hydroxyl groups is 1. The lowest BCUT2D eigenvalue weighted by atomic mass is 10.0. The Balaban J connectivity index is 1.78. The van der Waals surface area contributed by atoms with Gasteiger partial charge in [-0.2, -0.15) is 0 Å². The van der Waals surface area contributed by atoms with Crippen molar-refractivity contribution in [3.63, 3.8) is 0 Å². The molecule has 3 aromatic carbocycles. The Labute approximate surface area is 161 Å². The zero-order valence-electron chi connectivity index (χ0n) is 15.1. The molecule has 6 heteroatoms. The molecule has 0 aliphatic carbocycles. The zero-order chi connectivity index (χ0) is 19.5. The van der Waals surface area contributed by atoms with Crippen LogP contribution in [0.15, 0.2) is 72.8 Å². The lowest BCUT2D eigenvalue weighted by Crippen LogP contribution is -2.01. The highest BCUT2D eigenvalue weighted by Gasteiger charge is 2.13. The van der Waals surface area contributed by atoms with Gasteiger partial charge in [-0.05, 0) is 24.3 Å². The first-order valence-electron chi connectivity index (χ1n) is 8.66. The molecule has 0 amide bonds. The molecule has 28 heavy (non-hydrogen) atoms. The number of carbonyl (C=O) groups excluding carboxylic acids is 1. The van der Waals surface area contributed by atoms with Crippen LogP contribution < -0.4 is 5.32 Å². The standard InChI is InChI=1S/C22H17N3O3/c1-28-22(27)15-12-10-14(11-13-15)20-16-6-2-3-7-17(16)21(25-24-20)23-18-8-4-5-9-19(18)26/h2-13,26H,1H3,(H,23,25). The minimum Gasteiger partial charge on any atom is -0.506 e. The lowest BCUT2D eigenvalue weighted by Gasteiger charge is -2.12. The van der Waals surface area contributed by atoms with Crippen LogP contribution in [0.25, 0.3) is 22.0 Å². The van der Waals surface area contributed by atoms with Crippen molar-refractivity contribution < 1.29 is 14.6 Å². The van der Waals surface area contributed by atoms with E-state index >= 15 is 0 Å². The second-order valence-corrected chi connectivity index (χ2v) is 6.15. The largest absolute Gasteiger partial charge is 0.506 e. The normalized spacial score (nSPS) is 10.6. The lowest BCUT2D eigenvalue weighted by molar-refractivity contribution is 0.0601. The number of carbonyl (C=O) groups is 1. The number of benzene rings is 3. The van der Waals surface area contributed by atoms with E-state index in [1.54, 1.807) is 30.3 Å². The molecule has 4 rings (SSSR count). The van der Waals surface area contributed by atoms with Crippen molar-refractivity contribution in [1.82, 2.24) is 10.2 Å². The van der Waals surface area contributed by atoms with Gasteiger partial charge in [0.25, 0.3) is 0 Å². The number of phenolic OH excluding ortho intramolecular Hbond substituents is 1. The second kappa shape index (κ2) is 7.36. The number of nitrogens with one attached hydrogen (secondary N) is 1. The molecule has 1 heterocycles. The number of ether oxygens (including phenoxy) is 1. The Hall–Kier alpha value is -3.93. The molecule has 1 aromatic heterocycles. The molecule has 0 fully saturated rings. The van der Waals surface area contributed by atoms with Crippen LogP contribution in [0.2, 0.25) is 0 Å². The summed E-state index contributed by atoms with van der Waals surface area (Å²) in [6.07, 6.45) is 0. The maximum atomic E-state index is 11.6. The highest BCUT2D eigenvalue weighted by atomic mass is 16.5. The van der Waals surface area contributed by atoms with Crippen molar-refractivity contribution in [2.45, 2.75) is 0 Å². The summed E-state index contributed by atoms with van der Waals surface area (Å²) < 4.78 is 4.74. The fourth-order valence-electron chi connectivity index (χ4n) is 3.00. The van der Waals surface area contributed by atoms with E-state index in [2.05, 4.69) is 15.5 Å². The second-order valence-electron chi connectivity index (χ2n) is 6.15. The van der Waals surface area contributed by atoms with Gasteiger partial charge in [0.2, 0.25) is 0 Å². The minimum absolute atomic E-state index is 0.135. The Morgan fingerprint density at radius 2 is 1.57 bits per heavy atom. The monoisotopic (exact) mass is 371 g/mol. The van der Waals surface area contributed by atoms with Crippen LogP contribution in [0.1, 0.15) is 10.4 Å². The summed E-state index contributed by atoms with van der Waals surface area (Å²) in [6, 6.07) is 21.8. The summed E-state index contributed by atoms with van der Waals surface area (Å²) in [5, 5.41) is 23.6. The maximum absolute atomic E-state index is 11.6. The fourth-order valence-corrected chi connectivity index (χ4v) is 3.00. The SMILES string of the molecule is COC(=O)c1ccc(-c2nnc(Nc3ccccc3O)c3ccccc23)cc1. The van der Waals surface area contributed by atoms with Crippen molar-refractivity contribution in [3.05, 3.63) is 78.4 Å². The van der Waals surface area contributed by atoms with E-state index in [4.69, 9.17) is 4.74 Å². The van der Waals surface area contributed by atoms with E-state index in [0.29, 0.717) is 22.8 Å². The van der Waals surface area contributed by atoms with Gasteiger partial charge in [-0.3, -0.25) is 0 Å². The number of methoxy groups -OCH3 is 1. The Kier molecular flexibility index (Phi) is 4.60. The van der Waals surface area contributed by atoms with Gasteiger partial charge in [-0.1, -0.05) is 48.5 Å². The summed E-state index contributed by atoms with van der Waals surface area (Å²) in [6.45, 7) is 0. The fraction of sp³-hybridized carbons (Fsp3) is 0.0455. The number of fused-ring (bicyclic) bond motifs is 1. The number of anilines is 2. The van der Waals surface area contributed by atoms with Gasteiger partial charge in [0.15, 0.2) is 5.82 Å². The molecule has 0 saturated carbocycles. The number of phenols is 1. The summed E-state index contributed by atoms with van der Waals surface area (Å²) in [4.78, 5) is 11.6. The molecule has 0 spiro atoms. The number of aromatic nitrogens is 2. The first-order valence-corrected chi connectivity index (χ1v) is 8.66. The molecular weight excluding hydrogens is 354 g/mol. The third-order valence-corrected chi connectivity index (χ3v) is 4.42. The highest BCUT2D eigenvalue weighted by molar-refractivity contribution is 6.01. The van der Waals surface area contributed by atoms with E-state index in [0.717, 1.165) is 16.3 Å². The van der Waals surface area contributed by atoms with Crippen molar-refractivity contribution >= 4 is 28.2 Å². The smallest absolute Gasteiger partial charge is 0.337 e. The molecule has 0 atom stereocenters. The predicted octanol–water partition coefficient (Wildman–Crippen LogP) is 4.53. The van der Waals surface area contributed by atoms with Gasteiger partial charge < -0.3 is 15.2 Å². The van der Waals surface area contributed by atoms with Crippen LogP contribution in [0, 0.1) is 0 Å². The van der Waals surface area contributed by atoms with E-state index in [1.807, 2.05) is 42.5 Å². The van der Waals surface area contributed by atoms with Gasteiger partial charge >= 0.3 is 5.97 Å². The maximum Gasteiger partial charge on any atom is 0.337 e. The molecule has 138 valence electrons. The summed E-state index contributed by atoms with van der Waals surface area (Å²) >= 11 is 0. The molecule has 0 aliphatic rings. The van der Waals surface area contributed by atoms with Gasteiger partial charge in [0.05, 0.1) is 18.4 Å². The third-order valence-electron chi connectivity index (χ3n) is 4.42. The van der Waals surface area contributed by atoms with E-state index in [1.165, 1.54) is 7.11 Å². The summed E-state index contributed by atoms with van der Waals surface area (Å²) in [5.74, 6) is 0.299. The molecule has 2 N–H and O–H groups in total. The van der Waals surface area contributed by atoms with Crippen LogP contribution in [-0.4, -0.2) is 28.4 Å². The van der Waals surface area contributed by atoms with E-state index in [9.17, 15) is 9.90 Å². The van der Waals surface area contributed by atoms with Gasteiger partial charge in [-0.15, -0.1) is 10.2 Å². The first-order chi connectivity index (χ1) is 13.7. The number of hydrogen-bond acceptors (Lipinski definition) is 6. The van der Waals surface area contributed by atoms with E-state index < -0.39 is 0 Å². The number of esters is 1. The average Bonchev–Trinajstić information content (AvgIpc) is 2.75. The molecule has 0 bridgehead atoms. The van der Waals surface area contributed by atoms with Gasteiger partial charge in [-0.25, -0.2) is 4.79 Å². The van der Waals surface area contributed by atoms with Crippen LogP contribution >= 0.6 is 0 Å². The number of nitrogens with zero attached hydrogens (tertiary/aromatic N) is 2. The molecule has 6 nitrogen and oxygen atoms in total. The Morgan fingerprint density at radius 1 is 0.893 bits per heavy atom. The van der Waals surface area contributed by atoms with Crippen molar-refractivity contribution in [1.29, 1.82) is 0 Å². The van der Waals surface area contributed by atoms with Crippen LogP contribution in [0.3, 0.4) is 0 Å². The zero-order valence-corrected chi connectivity index (χ0v) is 15.1. The highest BCUT2D eigenvalue weighted by Crippen LogP contribution is 2.33. The third kappa shape index (κ3) is 3.23. The number of para-hydroxylation sites is 2.